The van der Waals surface area contributed by atoms with E-state index in [1.165, 1.54) is 17.7 Å². The zero-order chi connectivity index (χ0) is 17.0. The van der Waals surface area contributed by atoms with Gasteiger partial charge in [-0.3, -0.25) is 4.79 Å². The van der Waals surface area contributed by atoms with Crippen LogP contribution in [0.15, 0.2) is 48.5 Å². The first-order chi connectivity index (χ1) is 10.8. The fourth-order valence-electron chi connectivity index (χ4n) is 2.71. The van der Waals surface area contributed by atoms with Gasteiger partial charge in [0.1, 0.15) is 5.82 Å². The number of primary amides is 1. The van der Waals surface area contributed by atoms with Crippen LogP contribution < -0.4 is 5.73 Å². The lowest BCUT2D eigenvalue weighted by molar-refractivity contribution is -0.118. The van der Waals surface area contributed by atoms with Crippen molar-refractivity contribution in [2.45, 2.75) is 44.9 Å². The summed E-state index contributed by atoms with van der Waals surface area (Å²) in [6.07, 6.45) is 0.964. The van der Waals surface area contributed by atoms with Gasteiger partial charge in [0.05, 0.1) is 0 Å². The lowest BCUT2D eigenvalue weighted by Gasteiger charge is -2.20. The van der Waals surface area contributed by atoms with Crippen LogP contribution in [0.1, 0.15) is 49.8 Å². The molecule has 1 atom stereocenters. The van der Waals surface area contributed by atoms with Gasteiger partial charge in [0.15, 0.2) is 0 Å². The Morgan fingerprint density at radius 3 is 2.09 bits per heavy atom. The second kappa shape index (κ2) is 6.95. The molecule has 0 aliphatic carbocycles. The first-order valence-corrected chi connectivity index (χ1v) is 7.89. The van der Waals surface area contributed by atoms with Gasteiger partial charge in [-0.15, -0.1) is 0 Å². The van der Waals surface area contributed by atoms with E-state index in [-0.39, 0.29) is 29.5 Å². The molecule has 2 rings (SSSR count). The Bertz CT molecular complexity index is 654. The van der Waals surface area contributed by atoms with Crippen LogP contribution in [-0.4, -0.2) is 5.91 Å². The highest BCUT2D eigenvalue weighted by Crippen LogP contribution is 2.27. The smallest absolute Gasteiger partial charge is 0.218 e. The summed E-state index contributed by atoms with van der Waals surface area (Å²) in [6.45, 7) is 6.53. The van der Waals surface area contributed by atoms with E-state index in [0.717, 1.165) is 11.1 Å². The van der Waals surface area contributed by atoms with Gasteiger partial charge in [0, 0.05) is 6.42 Å². The van der Waals surface area contributed by atoms with Crippen molar-refractivity contribution in [1.29, 1.82) is 0 Å². The van der Waals surface area contributed by atoms with Crippen molar-refractivity contribution in [2.24, 2.45) is 5.73 Å². The molecule has 23 heavy (non-hydrogen) atoms. The van der Waals surface area contributed by atoms with Gasteiger partial charge in [-0.05, 0) is 46.6 Å². The largest absolute Gasteiger partial charge is 0.370 e. The van der Waals surface area contributed by atoms with Crippen molar-refractivity contribution >= 4 is 5.91 Å². The molecule has 0 radical (unpaired) electrons. The number of carbonyl (C=O) groups is 1. The lowest BCUT2D eigenvalue weighted by Crippen LogP contribution is -2.17. The Balaban J connectivity index is 2.20. The molecule has 0 bridgehead atoms. The van der Waals surface area contributed by atoms with E-state index in [4.69, 9.17) is 5.73 Å². The van der Waals surface area contributed by atoms with Gasteiger partial charge in [-0.2, -0.15) is 0 Å². The summed E-state index contributed by atoms with van der Waals surface area (Å²) in [5.41, 5.74) is 8.85. The molecule has 0 aromatic heterocycles. The van der Waals surface area contributed by atoms with Crippen molar-refractivity contribution in [3.8, 4) is 0 Å². The first-order valence-electron chi connectivity index (χ1n) is 7.89. The van der Waals surface area contributed by atoms with Gasteiger partial charge >= 0.3 is 0 Å². The molecule has 2 nitrogen and oxygen atoms in total. The van der Waals surface area contributed by atoms with Crippen LogP contribution >= 0.6 is 0 Å². The molecular weight excluding hydrogens is 289 g/mol. The normalized spacial score (nSPS) is 12.9. The van der Waals surface area contributed by atoms with Crippen LogP contribution in [0.3, 0.4) is 0 Å². The van der Waals surface area contributed by atoms with E-state index in [0.29, 0.717) is 6.42 Å². The number of halogens is 1. The number of amides is 1. The fraction of sp³-hybridized carbons (Fsp3) is 0.350. The summed E-state index contributed by atoms with van der Waals surface area (Å²) >= 11 is 0. The number of carbonyl (C=O) groups excluding carboxylic acids is 1. The summed E-state index contributed by atoms with van der Waals surface area (Å²) in [7, 11) is 0. The molecular formula is C20H24FNO. The van der Waals surface area contributed by atoms with E-state index in [2.05, 4.69) is 45.0 Å². The van der Waals surface area contributed by atoms with Crippen LogP contribution in [0, 0.1) is 5.82 Å². The highest BCUT2D eigenvalue weighted by Gasteiger charge is 2.17. The average molecular weight is 313 g/mol. The van der Waals surface area contributed by atoms with E-state index in [9.17, 15) is 9.18 Å². The maximum absolute atomic E-state index is 13.1. The zero-order valence-corrected chi connectivity index (χ0v) is 14.0. The van der Waals surface area contributed by atoms with Gasteiger partial charge in [0.25, 0.3) is 0 Å². The molecule has 1 unspecified atom stereocenters. The molecule has 0 spiro atoms. The van der Waals surface area contributed by atoms with E-state index in [1.54, 1.807) is 12.1 Å². The van der Waals surface area contributed by atoms with Crippen LogP contribution in [0.2, 0.25) is 0 Å². The maximum atomic E-state index is 13.1. The van der Waals surface area contributed by atoms with Crippen molar-refractivity contribution < 1.29 is 9.18 Å². The second-order valence-electron chi connectivity index (χ2n) is 7.07. The quantitative estimate of drug-likeness (QED) is 0.877. The molecule has 1 amide bonds. The minimum atomic E-state index is -0.342. The SMILES string of the molecule is CC(C)(C)c1ccc(CC(CC(N)=O)c2ccc(F)cc2)cc1. The Morgan fingerprint density at radius 1 is 1.04 bits per heavy atom. The summed E-state index contributed by atoms with van der Waals surface area (Å²) in [5, 5.41) is 0. The standard InChI is InChI=1S/C20H24FNO/c1-20(2,3)17-8-4-14(5-9-17)12-16(13-19(22)23)15-6-10-18(21)11-7-15/h4-11,16H,12-13H2,1-3H3,(H2,22,23). The maximum Gasteiger partial charge on any atom is 0.218 e. The van der Waals surface area contributed by atoms with E-state index >= 15 is 0 Å². The molecule has 0 aliphatic heterocycles. The Kier molecular flexibility index (Phi) is 5.19. The third kappa shape index (κ3) is 4.92. The summed E-state index contributed by atoms with van der Waals surface area (Å²) in [6, 6.07) is 14.7. The molecule has 2 aromatic carbocycles. The first kappa shape index (κ1) is 17.2. The molecule has 0 aliphatic rings. The van der Waals surface area contributed by atoms with Crippen LogP contribution in [0.4, 0.5) is 4.39 Å². The van der Waals surface area contributed by atoms with Crippen LogP contribution in [0.25, 0.3) is 0 Å². The third-order valence-corrected chi connectivity index (χ3v) is 4.09. The highest BCUT2D eigenvalue weighted by atomic mass is 19.1. The Hall–Kier alpha value is -2.16. The minimum absolute atomic E-state index is 0.0337. The summed E-state index contributed by atoms with van der Waals surface area (Å²) < 4.78 is 13.1. The molecule has 0 saturated carbocycles. The summed E-state index contributed by atoms with van der Waals surface area (Å²) in [4.78, 5) is 11.4. The Morgan fingerprint density at radius 2 is 1.61 bits per heavy atom. The Labute approximate surface area is 137 Å². The number of hydrogen-bond donors (Lipinski definition) is 1. The molecule has 2 aromatic rings. The van der Waals surface area contributed by atoms with Gasteiger partial charge in [-0.25, -0.2) is 4.39 Å². The third-order valence-electron chi connectivity index (χ3n) is 4.09. The predicted octanol–water partition coefficient (Wildman–Crippen LogP) is 4.32. The molecule has 0 heterocycles. The molecule has 0 saturated heterocycles. The fourth-order valence-corrected chi connectivity index (χ4v) is 2.71. The van der Waals surface area contributed by atoms with Crippen molar-refractivity contribution in [2.75, 3.05) is 0 Å². The zero-order valence-electron chi connectivity index (χ0n) is 14.0. The molecule has 2 N–H and O–H groups in total. The number of rotatable bonds is 5. The van der Waals surface area contributed by atoms with Gasteiger partial charge < -0.3 is 5.73 Å². The topological polar surface area (TPSA) is 43.1 Å². The van der Waals surface area contributed by atoms with Crippen molar-refractivity contribution in [3.63, 3.8) is 0 Å². The van der Waals surface area contributed by atoms with Gasteiger partial charge in [0.2, 0.25) is 5.91 Å². The molecule has 122 valence electrons. The predicted molar refractivity (Wildman–Crippen MR) is 91.8 cm³/mol. The van der Waals surface area contributed by atoms with Crippen LogP contribution in [0.5, 0.6) is 0 Å². The van der Waals surface area contributed by atoms with E-state index < -0.39 is 0 Å². The lowest BCUT2D eigenvalue weighted by atomic mass is 9.85. The number of benzene rings is 2. The summed E-state index contributed by atoms with van der Waals surface area (Å²) in [5.74, 6) is -0.652. The molecule has 0 fully saturated rings. The van der Waals surface area contributed by atoms with Gasteiger partial charge in [-0.1, -0.05) is 57.2 Å². The average Bonchev–Trinajstić information content (AvgIpc) is 2.46. The highest BCUT2D eigenvalue weighted by molar-refractivity contribution is 5.74. The number of hydrogen-bond acceptors (Lipinski definition) is 1. The van der Waals surface area contributed by atoms with Crippen molar-refractivity contribution in [3.05, 3.63) is 71.0 Å². The van der Waals surface area contributed by atoms with E-state index in [1.807, 2.05) is 0 Å². The number of nitrogens with two attached hydrogens (primary N) is 1. The monoisotopic (exact) mass is 313 g/mol. The van der Waals surface area contributed by atoms with Crippen molar-refractivity contribution in [1.82, 2.24) is 0 Å². The minimum Gasteiger partial charge on any atom is -0.370 e. The molecule has 3 heteroatoms. The van der Waals surface area contributed by atoms with Crippen LogP contribution in [-0.2, 0) is 16.6 Å². The second-order valence-corrected chi connectivity index (χ2v) is 7.07.